The summed E-state index contributed by atoms with van der Waals surface area (Å²) in [5.41, 5.74) is 3.77. The summed E-state index contributed by atoms with van der Waals surface area (Å²) in [4.78, 5) is 0. The van der Waals surface area contributed by atoms with Crippen molar-refractivity contribution in [1.29, 1.82) is 0 Å². The lowest BCUT2D eigenvalue weighted by Gasteiger charge is -2.20. The molecule has 2 aromatic carbocycles. The summed E-state index contributed by atoms with van der Waals surface area (Å²) in [5.74, 6) is 0.981. The van der Waals surface area contributed by atoms with Gasteiger partial charge in [0.1, 0.15) is 12.4 Å². The van der Waals surface area contributed by atoms with Crippen LogP contribution in [0.4, 0.5) is 0 Å². The summed E-state index contributed by atoms with van der Waals surface area (Å²) >= 11 is 0. The highest BCUT2D eigenvalue weighted by Gasteiger charge is 2.12. The smallest absolute Gasteiger partial charge is 0.122 e. The van der Waals surface area contributed by atoms with Gasteiger partial charge in [-0.25, -0.2) is 0 Å². The molecule has 0 radical (unpaired) electrons. The summed E-state index contributed by atoms with van der Waals surface area (Å²) in [5, 5.41) is 3.57. The molecule has 2 aromatic rings. The maximum absolute atomic E-state index is 6.07. The van der Waals surface area contributed by atoms with Crippen LogP contribution in [-0.4, -0.2) is 13.2 Å². The van der Waals surface area contributed by atoms with E-state index in [2.05, 4.69) is 62.5 Å². The minimum Gasteiger partial charge on any atom is -0.491 e. The molecule has 0 heterocycles. The molecule has 1 N–H and O–H groups in total. The van der Waals surface area contributed by atoms with Crippen LogP contribution < -0.4 is 10.1 Å². The standard InChI is InChI=1S/C19H25NO.ClH/c1-4-13-20-18(17-10-6-5-7-11-17)14-21-19-12-8-9-15(2)16(19)3;/h5-12,18,20H,4,13-14H2,1-3H3;1H. The highest BCUT2D eigenvalue weighted by molar-refractivity contribution is 5.85. The summed E-state index contributed by atoms with van der Waals surface area (Å²) < 4.78 is 6.07. The monoisotopic (exact) mass is 319 g/mol. The van der Waals surface area contributed by atoms with Gasteiger partial charge in [0, 0.05) is 0 Å². The Morgan fingerprint density at radius 3 is 2.41 bits per heavy atom. The van der Waals surface area contributed by atoms with E-state index in [1.807, 2.05) is 12.1 Å². The lowest BCUT2D eigenvalue weighted by atomic mass is 10.1. The number of aryl methyl sites for hydroxylation is 1. The van der Waals surface area contributed by atoms with Crippen molar-refractivity contribution in [3.63, 3.8) is 0 Å². The van der Waals surface area contributed by atoms with E-state index >= 15 is 0 Å². The number of hydrogen-bond acceptors (Lipinski definition) is 2. The van der Waals surface area contributed by atoms with Gasteiger partial charge in [-0.15, -0.1) is 12.4 Å². The van der Waals surface area contributed by atoms with Crippen LogP contribution in [0.15, 0.2) is 48.5 Å². The second-order valence-corrected chi connectivity index (χ2v) is 5.43. The van der Waals surface area contributed by atoms with E-state index in [4.69, 9.17) is 4.74 Å². The lowest BCUT2D eigenvalue weighted by molar-refractivity contribution is 0.265. The molecule has 1 unspecified atom stereocenters. The van der Waals surface area contributed by atoms with Crippen molar-refractivity contribution in [2.75, 3.05) is 13.2 Å². The van der Waals surface area contributed by atoms with Crippen LogP contribution in [0.2, 0.25) is 0 Å². The summed E-state index contributed by atoms with van der Waals surface area (Å²) in [7, 11) is 0. The Morgan fingerprint density at radius 1 is 1.00 bits per heavy atom. The molecule has 0 spiro atoms. The number of halogens is 1. The SMILES string of the molecule is CCCNC(COc1cccc(C)c1C)c1ccccc1.Cl. The van der Waals surface area contributed by atoms with Crippen molar-refractivity contribution in [1.82, 2.24) is 5.32 Å². The molecule has 1 atom stereocenters. The quantitative estimate of drug-likeness (QED) is 0.788. The summed E-state index contributed by atoms with van der Waals surface area (Å²) in [6, 6.07) is 16.9. The van der Waals surface area contributed by atoms with Gasteiger partial charge in [0.2, 0.25) is 0 Å². The molecule has 3 heteroatoms. The van der Waals surface area contributed by atoms with Gasteiger partial charge in [0.25, 0.3) is 0 Å². The highest BCUT2D eigenvalue weighted by atomic mass is 35.5. The van der Waals surface area contributed by atoms with Crippen molar-refractivity contribution in [3.8, 4) is 5.75 Å². The third kappa shape index (κ3) is 5.04. The predicted molar refractivity (Wildman–Crippen MR) is 96.1 cm³/mol. The Morgan fingerprint density at radius 2 is 1.73 bits per heavy atom. The molecule has 22 heavy (non-hydrogen) atoms. The van der Waals surface area contributed by atoms with Crippen LogP contribution in [0.5, 0.6) is 5.75 Å². The first-order valence-electron chi connectivity index (χ1n) is 7.69. The van der Waals surface area contributed by atoms with Crippen LogP contribution in [-0.2, 0) is 0 Å². The molecule has 2 nitrogen and oxygen atoms in total. The predicted octanol–water partition coefficient (Wildman–Crippen LogP) is 4.84. The second kappa shape index (κ2) is 9.50. The Hall–Kier alpha value is -1.51. The molecule has 0 aliphatic carbocycles. The van der Waals surface area contributed by atoms with Crippen molar-refractivity contribution in [2.45, 2.75) is 33.2 Å². The van der Waals surface area contributed by atoms with E-state index in [1.54, 1.807) is 0 Å². The van der Waals surface area contributed by atoms with Crippen LogP contribution in [0.1, 0.15) is 36.1 Å². The van der Waals surface area contributed by atoms with Gasteiger partial charge in [0.15, 0.2) is 0 Å². The summed E-state index contributed by atoms with van der Waals surface area (Å²) in [6.45, 7) is 8.05. The van der Waals surface area contributed by atoms with Gasteiger partial charge < -0.3 is 10.1 Å². The number of ether oxygens (including phenoxy) is 1. The van der Waals surface area contributed by atoms with Crippen LogP contribution >= 0.6 is 12.4 Å². The fourth-order valence-electron chi connectivity index (χ4n) is 2.33. The molecule has 0 saturated heterocycles. The van der Waals surface area contributed by atoms with E-state index in [1.165, 1.54) is 16.7 Å². The zero-order valence-corrected chi connectivity index (χ0v) is 14.5. The minimum absolute atomic E-state index is 0. The fraction of sp³-hybridized carbons (Fsp3) is 0.368. The third-order valence-corrected chi connectivity index (χ3v) is 3.80. The molecule has 0 aromatic heterocycles. The second-order valence-electron chi connectivity index (χ2n) is 5.43. The molecule has 0 aliphatic heterocycles. The molecule has 0 amide bonds. The average molecular weight is 320 g/mol. The first-order chi connectivity index (χ1) is 10.2. The van der Waals surface area contributed by atoms with Crippen molar-refractivity contribution >= 4 is 12.4 Å². The zero-order chi connectivity index (χ0) is 15.1. The van der Waals surface area contributed by atoms with Crippen molar-refractivity contribution in [3.05, 3.63) is 65.2 Å². The van der Waals surface area contributed by atoms with Gasteiger partial charge in [0.05, 0.1) is 6.04 Å². The maximum Gasteiger partial charge on any atom is 0.122 e. The minimum atomic E-state index is 0. The Kier molecular flexibility index (Phi) is 8.00. The molecule has 0 saturated carbocycles. The maximum atomic E-state index is 6.07. The Balaban J connectivity index is 0.00000242. The van der Waals surface area contributed by atoms with Crippen molar-refractivity contribution < 1.29 is 4.74 Å². The van der Waals surface area contributed by atoms with Gasteiger partial charge in [-0.05, 0) is 49.6 Å². The molecule has 0 aliphatic rings. The first kappa shape index (κ1) is 18.5. The highest BCUT2D eigenvalue weighted by Crippen LogP contribution is 2.22. The van der Waals surface area contributed by atoms with Gasteiger partial charge in [-0.1, -0.05) is 49.4 Å². The van der Waals surface area contributed by atoms with E-state index < -0.39 is 0 Å². The van der Waals surface area contributed by atoms with E-state index in [-0.39, 0.29) is 18.4 Å². The summed E-state index contributed by atoms with van der Waals surface area (Å²) in [6.07, 6.45) is 1.12. The van der Waals surface area contributed by atoms with E-state index in [0.717, 1.165) is 18.7 Å². The van der Waals surface area contributed by atoms with Crippen LogP contribution in [0.3, 0.4) is 0 Å². The Labute approximate surface area is 140 Å². The molecular weight excluding hydrogens is 294 g/mol. The topological polar surface area (TPSA) is 21.3 Å². The Bertz CT molecular complexity index is 557. The largest absolute Gasteiger partial charge is 0.491 e. The fourth-order valence-corrected chi connectivity index (χ4v) is 2.33. The zero-order valence-electron chi connectivity index (χ0n) is 13.6. The molecular formula is C19H26ClNO. The normalized spacial score (nSPS) is 11.6. The van der Waals surface area contributed by atoms with E-state index in [9.17, 15) is 0 Å². The van der Waals surface area contributed by atoms with Crippen molar-refractivity contribution in [2.24, 2.45) is 0 Å². The third-order valence-electron chi connectivity index (χ3n) is 3.80. The average Bonchev–Trinajstić information content (AvgIpc) is 2.52. The molecule has 2 rings (SSSR count). The molecule has 120 valence electrons. The van der Waals surface area contributed by atoms with Gasteiger partial charge in [-0.2, -0.15) is 0 Å². The van der Waals surface area contributed by atoms with Crippen LogP contribution in [0.25, 0.3) is 0 Å². The molecule has 0 fully saturated rings. The lowest BCUT2D eigenvalue weighted by Crippen LogP contribution is -2.27. The number of rotatable bonds is 7. The molecule has 0 bridgehead atoms. The number of hydrogen-bond donors (Lipinski definition) is 1. The first-order valence-corrected chi connectivity index (χ1v) is 7.69. The van der Waals surface area contributed by atoms with Gasteiger partial charge in [-0.3, -0.25) is 0 Å². The van der Waals surface area contributed by atoms with Gasteiger partial charge >= 0.3 is 0 Å². The van der Waals surface area contributed by atoms with Crippen LogP contribution in [0, 0.1) is 13.8 Å². The van der Waals surface area contributed by atoms with E-state index in [0.29, 0.717) is 6.61 Å². The number of benzene rings is 2. The number of nitrogens with one attached hydrogen (secondary N) is 1.